The van der Waals surface area contributed by atoms with Crippen LogP contribution in [0.3, 0.4) is 0 Å². The highest BCUT2D eigenvalue weighted by Gasteiger charge is 2.21. The molecule has 3 aromatic rings. The zero-order valence-corrected chi connectivity index (χ0v) is 14.4. The van der Waals surface area contributed by atoms with Gasteiger partial charge in [0.05, 0.1) is 22.8 Å². The van der Waals surface area contributed by atoms with Crippen LogP contribution in [-0.2, 0) is 4.74 Å². The van der Waals surface area contributed by atoms with Crippen molar-refractivity contribution in [1.82, 2.24) is 9.55 Å². The molecule has 0 saturated heterocycles. The zero-order chi connectivity index (χ0) is 18.7. The van der Waals surface area contributed by atoms with Crippen LogP contribution in [0, 0.1) is 17.0 Å². The summed E-state index contributed by atoms with van der Waals surface area (Å²) in [6.07, 6.45) is 1.20. The smallest absolute Gasteiger partial charge is 0.339 e. The summed E-state index contributed by atoms with van der Waals surface area (Å²) in [5.74, 6) is 0.0744. The van der Waals surface area contributed by atoms with E-state index in [0.717, 1.165) is 11.3 Å². The minimum Gasteiger partial charge on any atom is -0.462 e. The van der Waals surface area contributed by atoms with Gasteiger partial charge in [-0.15, -0.1) is 0 Å². The van der Waals surface area contributed by atoms with E-state index in [4.69, 9.17) is 4.74 Å². The van der Waals surface area contributed by atoms with Gasteiger partial charge >= 0.3 is 5.97 Å². The first-order chi connectivity index (χ1) is 12.5. The number of carbonyl (C=O) groups excluding carboxylic acids is 1. The summed E-state index contributed by atoms with van der Waals surface area (Å²) < 4.78 is 6.93. The molecule has 1 aromatic carbocycles. The quantitative estimate of drug-likeness (QED) is 0.395. The van der Waals surface area contributed by atoms with Gasteiger partial charge in [0, 0.05) is 11.8 Å². The minimum atomic E-state index is -0.499. The largest absolute Gasteiger partial charge is 0.462 e. The van der Waals surface area contributed by atoms with E-state index in [1.807, 2.05) is 30.3 Å². The molecule has 0 atom stereocenters. The summed E-state index contributed by atoms with van der Waals surface area (Å²) in [5.41, 5.74) is 2.65. The Morgan fingerprint density at radius 3 is 2.54 bits per heavy atom. The van der Waals surface area contributed by atoms with Crippen molar-refractivity contribution < 1.29 is 14.5 Å². The number of esters is 1. The lowest BCUT2D eigenvalue weighted by atomic mass is 10.1. The van der Waals surface area contributed by atoms with Crippen molar-refractivity contribution in [1.29, 1.82) is 0 Å². The van der Waals surface area contributed by atoms with Crippen LogP contribution in [0.5, 0.6) is 0 Å². The maximum atomic E-state index is 12.3. The van der Waals surface area contributed by atoms with Crippen molar-refractivity contribution in [3.05, 3.63) is 76.1 Å². The summed E-state index contributed by atoms with van der Waals surface area (Å²) in [5, 5.41) is 10.9. The summed E-state index contributed by atoms with van der Waals surface area (Å²) >= 11 is 0. The van der Waals surface area contributed by atoms with E-state index in [1.165, 1.54) is 12.3 Å². The summed E-state index contributed by atoms with van der Waals surface area (Å²) in [7, 11) is 0. The van der Waals surface area contributed by atoms with Gasteiger partial charge in [-0.25, -0.2) is 9.78 Å². The number of aromatic nitrogens is 2. The monoisotopic (exact) mass is 351 g/mol. The van der Waals surface area contributed by atoms with E-state index in [-0.39, 0.29) is 12.3 Å². The zero-order valence-electron chi connectivity index (χ0n) is 14.4. The van der Waals surface area contributed by atoms with E-state index < -0.39 is 10.9 Å². The molecule has 132 valence electrons. The summed E-state index contributed by atoms with van der Waals surface area (Å²) in [6.45, 7) is 3.82. The lowest BCUT2D eigenvalue weighted by Crippen LogP contribution is -2.07. The molecule has 0 bridgehead atoms. The van der Waals surface area contributed by atoms with Crippen molar-refractivity contribution in [3.8, 4) is 17.1 Å². The van der Waals surface area contributed by atoms with Gasteiger partial charge in [0.1, 0.15) is 12.0 Å². The molecule has 2 heterocycles. The summed E-state index contributed by atoms with van der Waals surface area (Å²) in [6, 6.07) is 14.3. The third kappa shape index (κ3) is 3.19. The highest BCUT2D eigenvalue weighted by atomic mass is 16.6. The molecule has 0 spiro atoms. The number of hydrogen-bond donors (Lipinski definition) is 0. The maximum Gasteiger partial charge on any atom is 0.339 e. The van der Waals surface area contributed by atoms with Crippen molar-refractivity contribution in [2.24, 2.45) is 0 Å². The molecular formula is C19H17N3O4. The normalized spacial score (nSPS) is 10.5. The van der Waals surface area contributed by atoms with E-state index in [1.54, 1.807) is 30.5 Å². The van der Waals surface area contributed by atoms with Crippen LogP contribution < -0.4 is 0 Å². The number of rotatable bonds is 5. The third-order valence-electron chi connectivity index (χ3n) is 3.98. The molecule has 2 aromatic heterocycles. The van der Waals surface area contributed by atoms with Gasteiger partial charge in [0.25, 0.3) is 5.69 Å². The Bertz CT molecular complexity index is 947. The molecule has 0 aliphatic rings. The molecule has 0 saturated carbocycles. The Kier molecular flexibility index (Phi) is 4.79. The second kappa shape index (κ2) is 7.18. The highest BCUT2D eigenvalue weighted by Crippen LogP contribution is 2.29. The SMILES string of the molecule is CCOC(=O)c1cc(-c2ccccc2)n(-c2ccc([N+](=O)[O-])cn2)c1C. The number of ether oxygens (including phenoxy) is 1. The van der Waals surface area contributed by atoms with E-state index in [9.17, 15) is 14.9 Å². The fraction of sp³-hybridized carbons (Fsp3) is 0.158. The average molecular weight is 351 g/mol. The van der Waals surface area contributed by atoms with E-state index >= 15 is 0 Å². The molecular weight excluding hydrogens is 334 g/mol. The van der Waals surface area contributed by atoms with Crippen LogP contribution in [0.15, 0.2) is 54.7 Å². The first-order valence-corrected chi connectivity index (χ1v) is 8.08. The predicted octanol–water partition coefficient (Wildman–Crippen LogP) is 3.93. The molecule has 0 aliphatic heterocycles. The van der Waals surface area contributed by atoms with Gasteiger partial charge in [0.2, 0.25) is 0 Å². The fourth-order valence-electron chi connectivity index (χ4n) is 2.76. The van der Waals surface area contributed by atoms with Gasteiger partial charge in [-0.3, -0.25) is 14.7 Å². The van der Waals surface area contributed by atoms with E-state index in [2.05, 4.69) is 4.98 Å². The molecule has 0 radical (unpaired) electrons. The number of pyridine rings is 1. The Morgan fingerprint density at radius 2 is 1.96 bits per heavy atom. The van der Waals surface area contributed by atoms with Gasteiger partial charge in [-0.05, 0) is 31.5 Å². The summed E-state index contributed by atoms with van der Waals surface area (Å²) in [4.78, 5) is 26.9. The molecule has 0 fully saturated rings. The Hall–Kier alpha value is -3.48. The fourth-order valence-corrected chi connectivity index (χ4v) is 2.76. The Morgan fingerprint density at radius 1 is 1.23 bits per heavy atom. The second-order valence-corrected chi connectivity index (χ2v) is 5.58. The third-order valence-corrected chi connectivity index (χ3v) is 3.98. The van der Waals surface area contributed by atoms with Gasteiger partial charge in [0.15, 0.2) is 0 Å². The Labute approximate surface area is 150 Å². The lowest BCUT2D eigenvalue weighted by Gasteiger charge is -2.11. The minimum absolute atomic E-state index is 0.0922. The van der Waals surface area contributed by atoms with E-state index in [0.29, 0.717) is 17.1 Å². The molecule has 7 heteroatoms. The predicted molar refractivity (Wildman–Crippen MR) is 96.3 cm³/mol. The molecule has 26 heavy (non-hydrogen) atoms. The van der Waals surface area contributed by atoms with Crippen molar-refractivity contribution in [3.63, 3.8) is 0 Å². The molecule has 7 nitrogen and oxygen atoms in total. The molecule has 0 aliphatic carbocycles. The average Bonchev–Trinajstić information content (AvgIpc) is 3.00. The standard InChI is InChI=1S/C19H17N3O4/c1-3-26-19(23)16-11-17(14-7-5-4-6-8-14)21(13(16)2)18-10-9-15(12-20-18)22(24)25/h4-12H,3H2,1-2H3. The number of hydrogen-bond acceptors (Lipinski definition) is 5. The first kappa shape index (κ1) is 17.3. The van der Waals surface area contributed by atoms with Crippen molar-refractivity contribution in [2.75, 3.05) is 6.61 Å². The first-order valence-electron chi connectivity index (χ1n) is 8.08. The van der Waals surface area contributed by atoms with Crippen LogP contribution >= 0.6 is 0 Å². The number of benzene rings is 1. The van der Waals surface area contributed by atoms with Crippen molar-refractivity contribution >= 4 is 11.7 Å². The van der Waals surface area contributed by atoms with Crippen LogP contribution in [-0.4, -0.2) is 27.1 Å². The van der Waals surface area contributed by atoms with Crippen LogP contribution in [0.4, 0.5) is 5.69 Å². The molecule has 3 rings (SSSR count). The Balaban J connectivity index is 2.18. The second-order valence-electron chi connectivity index (χ2n) is 5.58. The van der Waals surface area contributed by atoms with Crippen molar-refractivity contribution in [2.45, 2.75) is 13.8 Å². The number of carbonyl (C=O) groups is 1. The maximum absolute atomic E-state index is 12.3. The van der Waals surface area contributed by atoms with Gasteiger partial charge in [-0.1, -0.05) is 30.3 Å². The highest BCUT2D eigenvalue weighted by molar-refractivity contribution is 5.93. The lowest BCUT2D eigenvalue weighted by molar-refractivity contribution is -0.385. The van der Waals surface area contributed by atoms with Crippen LogP contribution in [0.25, 0.3) is 17.1 Å². The topological polar surface area (TPSA) is 87.3 Å². The van der Waals surface area contributed by atoms with Gasteiger partial charge < -0.3 is 4.74 Å². The molecule has 0 amide bonds. The van der Waals surface area contributed by atoms with Crippen LogP contribution in [0.1, 0.15) is 23.0 Å². The van der Waals surface area contributed by atoms with Crippen LogP contribution in [0.2, 0.25) is 0 Å². The molecule has 0 N–H and O–H groups in total. The number of nitro groups is 1. The van der Waals surface area contributed by atoms with Gasteiger partial charge in [-0.2, -0.15) is 0 Å². The molecule has 0 unspecified atom stereocenters. The number of nitrogens with zero attached hydrogens (tertiary/aromatic N) is 3.